The van der Waals surface area contributed by atoms with Crippen molar-refractivity contribution < 1.29 is 23.9 Å². The monoisotopic (exact) mass is 234 g/mol. The van der Waals surface area contributed by atoms with Crippen molar-refractivity contribution >= 4 is 17.5 Å². The highest BCUT2D eigenvalue weighted by Crippen LogP contribution is 2.07. The van der Waals surface area contributed by atoms with Crippen LogP contribution < -0.4 is 4.74 Å². The van der Waals surface area contributed by atoms with E-state index in [-0.39, 0.29) is 0 Å². The number of esters is 1. The molecule has 6 heteroatoms. The summed E-state index contributed by atoms with van der Waals surface area (Å²) in [6.07, 6.45) is 0. The number of ketones is 1. The Morgan fingerprint density at radius 1 is 1.29 bits per heavy atom. The fourth-order valence-corrected chi connectivity index (χ4v) is 1.04. The highest BCUT2D eigenvalue weighted by atomic mass is 16.5. The first-order chi connectivity index (χ1) is 8.19. The number of para-hydroxylation sites is 1. The Labute approximate surface area is 97.4 Å². The van der Waals surface area contributed by atoms with Gasteiger partial charge in [-0.3, -0.25) is 4.79 Å². The third-order valence-corrected chi connectivity index (χ3v) is 1.86. The quantitative estimate of drug-likeness (QED) is 0.243. The highest BCUT2D eigenvalue weighted by Gasteiger charge is 2.30. The SMILES string of the molecule is COC(=O)C(=[N+]=[N-])C(=O)COc1ccccc1. The Morgan fingerprint density at radius 2 is 1.94 bits per heavy atom. The molecule has 17 heavy (non-hydrogen) atoms. The Kier molecular flexibility index (Phi) is 4.59. The zero-order valence-corrected chi connectivity index (χ0v) is 9.12. The van der Waals surface area contributed by atoms with E-state index >= 15 is 0 Å². The van der Waals surface area contributed by atoms with Crippen molar-refractivity contribution in [3.05, 3.63) is 35.9 Å². The zero-order valence-electron chi connectivity index (χ0n) is 9.12. The van der Waals surface area contributed by atoms with Crippen LogP contribution >= 0.6 is 0 Å². The Morgan fingerprint density at radius 3 is 2.47 bits per heavy atom. The number of ether oxygens (including phenoxy) is 2. The second-order valence-corrected chi connectivity index (χ2v) is 2.97. The van der Waals surface area contributed by atoms with Crippen molar-refractivity contribution in [2.24, 2.45) is 0 Å². The lowest BCUT2D eigenvalue weighted by Gasteiger charge is -2.02. The summed E-state index contributed by atoms with van der Waals surface area (Å²) in [5.41, 5.74) is 7.81. The molecule has 0 unspecified atom stereocenters. The number of hydrogen-bond acceptors (Lipinski definition) is 4. The third-order valence-electron chi connectivity index (χ3n) is 1.86. The second-order valence-electron chi connectivity index (χ2n) is 2.97. The van der Waals surface area contributed by atoms with Crippen molar-refractivity contribution in [3.8, 4) is 5.75 Å². The predicted octanol–water partition coefficient (Wildman–Crippen LogP) is 0.478. The maximum atomic E-state index is 11.4. The zero-order chi connectivity index (χ0) is 12.7. The van der Waals surface area contributed by atoms with E-state index < -0.39 is 24.1 Å². The van der Waals surface area contributed by atoms with Crippen LogP contribution in [0.4, 0.5) is 0 Å². The number of hydrogen-bond donors (Lipinski definition) is 0. The van der Waals surface area contributed by atoms with Gasteiger partial charge in [-0.05, 0) is 12.1 Å². The average molecular weight is 234 g/mol. The standard InChI is InChI=1S/C11H10N2O4/c1-16-11(15)10(13-12)9(14)7-17-8-5-3-2-4-6-8/h2-6H,7H2,1H3. The highest BCUT2D eigenvalue weighted by molar-refractivity contribution is 6.62. The van der Waals surface area contributed by atoms with Crippen LogP contribution in [0.3, 0.4) is 0 Å². The van der Waals surface area contributed by atoms with E-state index in [9.17, 15) is 9.59 Å². The molecule has 0 spiro atoms. The molecule has 0 aliphatic carbocycles. The molecule has 0 heterocycles. The topological polar surface area (TPSA) is 89.0 Å². The third kappa shape index (κ3) is 3.55. The summed E-state index contributed by atoms with van der Waals surface area (Å²) in [7, 11) is 1.08. The molecule has 6 nitrogen and oxygen atoms in total. The average Bonchev–Trinajstić information content (AvgIpc) is 2.38. The van der Waals surface area contributed by atoms with Gasteiger partial charge < -0.3 is 15.0 Å². The van der Waals surface area contributed by atoms with Crippen LogP contribution in [0.1, 0.15) is 0 Å². The van der Waals surface area contributed by atoms with Gasteiger partial charge in [0.25, 0.3) is 5.78 Å². The van der Waals surface area contributed by atoms with Crippen LogP contribution in [0.15, 0.2) is 30.3 Å². The van der Waals surface area contributed by atoms with Gasteiger partial charge in [0.1, 0.15) is 5.75 Å². The van der Waals surface area contributed by atoms with Crippen LogP contribution in [0.5, 0.6) is 5.75 Å². The molecule has 0 aliphatic rings. The summed E-state index contributed by atoms with van der Waals surface area (Å²) in [5.74, 6) is -1.29. The summed E-state index contributed by atoms with van der Waals surface area (Å²) < 4.78 is 9.37. The smallest absolute Gasteiger partial charge is 0.445 e. The molecular formula is C11H10N2O4. The summed E-state index contributed by atoms with van der Waals surface area (Å²) in [4.78, 5) is 25.0. The summed E-state index contributed by atoms with van der Waals surface area (Å²) >= 11 is 0. The van der Waals surface area contributed by atoms with E-state index in [1.165, 1.54) is 0 Å². The molecule has 0 atom stereocenters. The van der Waals surface area contributed by atoms with Crippen molar-refractivity contribution in [3.63, 3.8) is 0 Å². The van der Waals surface area contributed by atoms with Gasteiger partial charge in [-0.15, -0.1) is 0 Å². The Balaban J connectivity index is 2.61. The minimum Gasteiger partial charge on any atom is -0.485 e. The minimum atomic E-state index is -1.01. The molecule has 0 radical (unpaired) electrons. The fraction of sp³-hybridized carbons (Fsp3) is 0.182. The lowest BCUT2D eigenvalue weighted by molar-refractivity contribution is -0.140. The number of carbonyl (C=O) groups is 2. The minimum absolute atomic E-state index is 0.404. The molecule has 0 saturated carbocycles. The van der Waals surface area contributed by atoms with Crippen LogP contribution in [-0.4, -0.2) is 36.0 Å². The van der Waals surface area contributed by atoms with Crippen LogP contribution in [0.2, 0.25) is 0 Å². The first kappa shape index (κ1) is 12.6. The van der Waals surface area contributed by atoms with Crippen LogP contribution in [0, 0.1) is 0 Å². The van der Waals surface area contributed by atoms with E-state index in [0.29, 0.717) is 5.75 Å². The normalized spacial score (nSPS) is 9.00. The molecule has 0 bridgehead atoms. The molecular weight excluding hydrogens is 224 g/mol. The molecule has 0 saturated heterocycles. The molecule has 0 fully saturated rings. The lowest BCUT2D eigenvalue weighted by Crippen LogP contribution is -2.30. The maximum Gasteiger partial charge on any atom is 0.445 e. The molecule has 0 N–H and O–H groups in total. The first-order valence-electron chi connectivity index (χ1n) is 4.70. The number of rotatable bonds is 5. The molecule has 1 rings (SSSR count). The van der Waals surface area contributed by atoms with Gasteiger partial charge in [-0.2, -0.15) is 4.79 Å². The number of Topliss-reactive ketones (excluding diaryl/α,β-unsaturated/α-hetero) is 1. The molecule has 1 aromatic rings. The van der Waals surface area contributed by atoms with E-state index in [1.54, 1.807) is 30.3 Å². The number of benzene rings is 1. The number of carbonyl (C=O) groups excluding carboxylic acids is 2. The summed E-state index contributed by atoms with van der Waals surface area (Å²) in [5, 5.41) is 0. The van der Waals surface area contributed by atoms with E-state index in [1.807, 2.05) is 0 Å². The molecule has 0 amide bonds. The number of nitrogens with zero attached hydrogens (tertiary/aromatic N) is 2. The van der Waals surface area contributed by atoms with Crippen LogP contribution in [0.25, 0.3) is 5.53 Å². The molecule has 1 aromatic carbocycles. The van der Waals surface area contributed by atoms with Gasteiger partial charge in [-0.25, -0.2) is 4.79 Å². The van der Waals surface area contributed by atoms with Gasteiger partial charge in [0.05, 0.1) is 7.11 Å². The van der Waals surface area contributed by atoms with Gasteiger partial charge in [-0.1, -0.05) is 18.2 Å². The van der Waals surface area contributed by atoms with E-state index in [4.69, 9.17) is 10.3 Å². The van der Waals surface area contributed by atoms with E-state index in [2.05, 4.69) is 9.53 Å². The molecule has 0 aromatic heterocycles. The van der Waals surface area contributed by atoms with Gasteiger partial charge >= 0.3 is 11.7 Å². The van der Waals surface area contributed by atoms with E-state index in [0.717, 1.165) is 7.11 Å². The van der Waals surface area contributed by atoms with Gasteiger partial charge in [0.15, 0.2) is 6.61 Å². The van der Waals surface area contributed by atoms with Crippen molar-refractivity contribution in [1.82, 2.24) is 0 Å². The summed E-state index contributed by atoms with van der Waals surface area (Å²) in [6, 6.07) is 8.58. The van der Waals surface area contributed by atoms with Crippen molar-refractivity contribution in [1.29, 1.82) is 0 Å². The summed E-state index contributed by atoms with van der Waals surface area (Å²) in [6.45, 7) is -0.404. The molecule has 88 valence electrons. The molecule has 0 aliphatic heterocycles. The second kappa shape index (κ2) is 6.19. The number of methoxy groups -OCH3 is 1. The van der Waals surface area contributed by atoms with Gasteiger partial charge in [0, 0.05) is 0 Å². The maximum absolute atomic E-state index is 11.4. The predicted molar refractivity (Wildman–Crippen MR) is 57.6 cm³/mol. The largest absolute Gasteiger partial charge is 0.485 e. The van der Waals surface area contributed by atoms with Gasteiger partial charge in [0.2, 0.25) is 0 Å². The Bertz CT molecular complexity index is 464. The van der Waals surface area contributed by atoms with Crippen molar-refractivity contribution in [2.75, 3.05) is 13.7 Å². The first-order valence-corrected chi connectivity index (χ1v) is 4.70. The van der Waals surface area contributed by atoms with Crippen LogP contribution in [-0.2, 0) is 14.3 Å². The van der Waals surface area contributed by atoms with Crippen molar-refractivity contribution in [2.45, 2.75) is 0 Å². The fourth-order valence-electron chi connectivity index (χ4n) is 1.04. The lowest BCUT2D eigenvalue weighted by atomic mass is 10.2. The Hall–Kier alpha value is -2.46.